The zero-order valence-electron chi connectivity index (χ0n) is 8.85. The quantitative estimate of drug-likeness (QED) is 0.942. The van der Waals surface area contributed by atoms with E-state index in [4.69, 9.17) is 15.1 Å². The molecular weight excluding hydrogens is 284 g/mol. The molecular formula is C12H9BrN2O2. The summed E-state index contributed by atoms with van der Waals surface area (Å²) in [4.78, 5) is 4.19. The number of aromatic nitrogens is 1. The number of ether oxygens (including phenoxy) is 1. The summed E-state index contributed by atoms with van der Waals surface area (Å²) in [5.74, 6) is 0.471. The minimum absolute atomic E-state index is 0.0921. The molecule has 4 nitrogen and oxygen atoms in total. The van der Waals surface area contributed by atoms with Gasteiger partial charge in [-0.15, -0.1) is 0 Å². The Labute approximate surface area is 107 Å². The first-order chi connectivity index (χ1) is 8.26. The van der Waals surface area contributed by atoms with E-state index in [1.165, 1.54) is 6.20 Å². The van der Waals surface area contributed by atoms with Gasteiger partial charge in [-0.3, -0.25) is 4.98 Å². The fourth-order valence-electron chi connectivity index (χ4n) is 1.52. The molecule has 1 heterocycles. The molecule has 0 radical (unpaired) electrons. The van der Waals surface area contributed by atoms with Gasteiger partial charge in [0.1, 0.15) is 24.0 Å². The Morgan fingerprint density at radius 2 is 2.29 bits per heavy atom. The van der Waals surface area contributed by atoms with Gasteiger partial charge in [-0.1, -0.05) is 15.9 Å². The van der Waals surface area contributed by atoms with Gasteiger partial charge in [-0.25, -0.2) is 0 Å². The van der Waals surface area contributed by atoms with Crippen molar-refractivity contribution in [3.05, 3.63) is 34.4 Å². The third kappa shape index (κ3) is 2.38. The maximum atomic E-state index is 8.99. The predicted molar refractivity (Wildman–Crippen MR) is 66.7 cm³/mol. The largest absolute Gasteiger partial charge is 0.489 e. The number of aliphatic hydroxyl groups excluding tert-OH is 1. The summed E-state index contributed by atoms with van der Waals surface area (Å²) in [6.07, 6.45) is 1.47. The van der Waals surface area contributed by atoms with Crippen LogP contribution < -0.4 is 4.74 Å². The number of rotatable bonds is 3. The van der Waals surface area contributed by atoms with Crippen LogP contribution in [0.3, 0.4) is 0 Å². The van der Waals surface area contributed by atoms with E-state index in [2.05, 4.69) is 20.9 Å². The fourth-order valence-corrected chi connectivity index (χ4v) is 1.87. The first-order valence-corrected chi connectivity index (χ1v) is 5.77. The molecule has 2 rings (SSSR count). The number of nitrogens with zero attached hydrogens (tertiary/aromatic N) is 2. The minimum Gasteiger partial charge on any atom is -0.489 e. The number of hydrogen-bond acceptors (Lipinski definition) is 4. The van der Waals surface area contributed by atoms with Crippen molar-refractivity contribution in [2.45, 2.75) is 0 Å². The summed E-state index contributed by atoms with van der Waals surface area (Å²) < 4.78 is 6.31. The summed E-state index contributed by atoms with van der Waals surface area (Å²) in [5, 5.41) is 18.5. The summed E-state index contributed by atoms with van der Waals surface area (Å²) in [5.41, 5.74) is 1.11. The van der Waals surface area contributed by atoms with E-state index < -0.39 is 0 Å². The zero-order chi connectivity index (χ0) is 12.3. The van der Waals surface area contributed by atoms with E-state index >= 15 is 0 Å². The first kappa shape index (κ1) is 11.8. The van der Waals surface area contributed by atoms with Crippen molar-refractivity contribution in [1.82, 2.24) is 4.98 Å². The molecule has 1 aromatic carbocycles. The summed E-state index contributed by atoms with van der Waals surface area (Å²) in [6, 6.07) is 7.57. The highest BCUT2D eigenvalue weighted by atomic mass is 79.9. The Balaban J connectivity index is 2.62. The molecule has 0 unspecified atom stereocenters. The van der Waals surface area contributed by atoms with Gasteiger partial charge in [-0.2, -0.15) is 5.26 Å². The Bertz CT molecular complexity index is 593. The van der Waals surface area contributed by atoms with E-state index in [1.807, 2.05) is 24.3 Å². The number of nitriles is 1. The lowest BCUT2D eigenvalue weighted by atomic mass is 10.1. The lowest BCUT2D eigenvalue weighted by Gasteiger charge is -2.09. The average Bonchev–Trinajstić information content (AvgIpc) is 2.35. The molecule has 0 fully saturated rings. The van der Waals surface area contributed by atoms with Crippen LogP contribution in [0.15, 0.2) is 28.9 Å². The predicted octanol–water partition coefficient (Wildman–Crippen LogP) is 2.24. The van der Waals surface area contributed by atoms with E-state index in [0.29, 0.717) is 11.3 Å². The van der Waals surface area contributed by atoms with Crippen molar-refractivity contribution < 1.29 is 9.84 Å². The second kappa shape index (κ2) is 5.13. The highest BCUT2D eigenvalue weighted by molar-refractivity contribution is 9.10. The van der Waals surface area contributed by atoms with Gasteiger partial charge in [0.15, 0.2) is 0 Å². The molecule has 0 bridgehead atoms. The van der Waals surface area contributed by atoms with Crippen molar-refractivity contribution in [3.63, 3.8) is 0 Å². The van der Waals surface area contributed by atoms with Gasteiger partial charge in [0.25, 0.3) is 0 Å². The Morgan fingerprint density at radius 3 is 3.00 bits per heavy atom. The summed E-state index contributed by atoms with van der Waals surface area (Å²) in [6.45, 7) is 0.0646. The number of pyridine rings is 1. The zero-order valence-corrected chi connectivity index (χ0v) is 10.4. The SMILES string of the molecule is N#Cc1cnc2cc(Br)ccc2c1OCCO. The van der Waals surface area contributed by atoms with Gasteiger partial charge < -0.3 is 9.84 Å². The lowest BCUT2D eigenvalue weighted by Crippen LogP contribution is -2.04. The highest BCUT2D eigenvalue weighted by Gasteiger charge is 2.10. The molecule has 5 heteroatoms. The van der Waals surface area contributed by atoms with Crippen molar-refractivity contribution in [1.29, 1.82) is 5.26 Å². The number of hydrogen-bond donors (Lipinski definition) is 1. The third-order valence-electron chi connectivity index (χ3n) is 2.24. The maximum absolute atomic E-state index is 8.99. The van der Waals surface area contributed by atoms with Crippen molar-refractivity contribution in [2.24, 2.45) is 0 Å². The van der Waals surface area contributed by atoms with Crippen molar-refractivity contribution in [3.8, 4) is 11.8 Å². The van der Waals surface area contributed by atoms with Crippen LogP contribution in [0.4, 0.5) is 0 Å². The van der Waals surface area contributed by atoms with Gasteiger partial charge in [0, 0.05) is 16.1 Å². The minimum atomic E-state index is -0.0921. The van der Waals surface area contributed by atoms with Gasteiger partial charge in [-0.05, 0) is 18.2 Å². The van der Waals surface area contributed by atoms with Crippen LogP contribution in [0.1, 0.15) is 5.56 Å². The molecule has 86 valence electrons. The fraction of sp³-hybridized carbons (Fsp3) is 0.167. The van der Waals surface area contributed by atoms with Gasteiger partial charge in [0.05, 0.1) is 12.1 Å². The van der Waals surface area contributed by atoms with Crippen molar-refractivity contribution in [2.75, 3.05) is 13.2 Å². The standard InChI is InChI=1S/C12H9BrN2O2/c13-9-1-2-10-11(5-9)15-7-8(6-14)12(10)17-4-3-16/h1-2,5,7,16H,3-4H2. The number of benzene rings is 1. The smallest absolute Gasteiger partial charge is 0.148 e. The summed E-state index contributed by atoms with van der Waals surface area (Å²) >= 11 is 3.36. The van der Waals surface area contributed by atoms with Gasteiger partial charge >= 0.3 is 0 Å². The van der Waals surface area contributed by atoms with Crippen LogP contribution >= 0.6 is 15.9 Å². The Kier molecular flexibility index (Phi) is 3.57. The molecule has 0 amide bonds. The van der Waals surface area contributed by atoms with Gasteiger partial charge in [0.2, 0.25) is 0 Å². The molecule has 0 aliphatic rings. The monoisotopic (exact) mass is 292 g/mol. The van der Waals surface area contributed by atoms with E-state index in [-0.39, 0.29) is 13.2 Å². The Hall–Kier alpha value is -1.64. The van der Waals surface area contributed by atoms with Crippen LogP contribution in [-0.4, -0.2) is 23.3 Å². The summed E-state index contributed by atoms with van der Waals surface area (Å²) in [7, 11) is 0. The van der Waals surface area contributed by atoms with E-state index in [0.717, 1.165) is 15.4 Å². The second-order valence-electron chi connectivity index (χ2n) is 3.35. The number of halogens is 1. The highest BCUT2D eigenvalue weighted by Crippen LogP contribution is 2.29. The number of aliphatic hydroxyl groups is 1. The molecule has 0 saturated heterocycles. The molecule has 1 aromatic heterocycles. The molecule has 0 atom stereocenters. The lowest BCUT2D eigenvalue weighted by molar-refractivity contribution is 0.202. The van der Waals surface area contributed by atoms with Crippen LogP contribution in [0.25, 0.3) is 10.9 Å². The molecule has 0 saturated carbocycles. The van der Waals surface area contributed by atoms with Crippen LogP contribution in [0, 0.1) is 11.3 Å². The van der Waals surface area contributed by atoms with Crippen LogP contribution in [-0.2, 0) is 0 Å². The average molecular weight is 293 g/mol. The molecule has 17 heavy (non-hydrogen) atoms. The molecule has 2 aromatic rings. The normalized spacial score (nSPS) is 10.2. The van der Waals surface area contributed by atoms with E-state index in [1.54, 1.807) is 0 Å². The molecule has 0 aliphatic carbocycles. The third-order valence-corrected chi connectivity index (χ3v) is 2.73. The second-order valence-corrected chi connectivity index (χ2v) is 4.26. The Morgan fingerprint density at radius 1 is 1.47 bits per heavy atom. The topological polar surface area (TPSA) is 66.1 Å². The molecule has 0 aliphatic heterocycles. The van der Waals surface area contributed by atoms with E-state index in [9.17, 15) is 0 Å². The first-order valence-electron chi connectivity index (χ1n) is 4.98. The molecule has 0 spiro atoms. The van der Waals surface area contributed by atoms with Crippen LogP contribution in [0.2, 0.25) is 0 Å². The van der Waals surface area contributed by atoms with Crippen molar-refractivity contribution >= 4 is 26.8 Å². The molecule has 1 N–H and O–H groups in total. The van der Waals surface area contributed by atoms with Crippen LogP contribution in [0.5, 0.6) is 5.75 Å². The number of fused-ring (bicyclic) bond motifs is 1. The maximum Gasteiger partial charge on any atom is 0.148 e.